The molecule has 3 N–H and O–H groups in total. The van der Waals surface area contributed by atoms with Crippen LogP contribution >= 0.6 is 15.9 Å². The number of hydrogen-bond donors (Lipinski definition) is 2. The van der Waals surface area contributed by atoms with Crippen molar-refractivity contribution >= 4 is 26.0 Å². The largest absolute Gasteiger partial charge is 0.381 e. The molecule has 1 fully saturated rings. The minimum atomic E-state index is -3.55. The van der Waals surface area contributed by atoms with Crippen molar-refractivity contribution in [3.05, 3.63) is 27.7 Å². The lowest BCUT2D eigenvalue weighted by Crippen LogP contribution is -2.34. The van der Waals surface area contributed by atoms with Crippen molar-refractivity contribution in [3.63, 3.8) is 0 Å². The first-order valence-electron chi connectivity index (χ1n) is 6.91. The van der Waals surface area contributed by atoms with Gasteiger partial charge in [-0.25, -0.2) is 13.1 Å². The molecule has 0 amide bonds. The number of ether oxygens (including phenoxy) is 1. The van der Waals surface area contributed by atoms with Crippen LogP contribution in [0.25, 0.3) is 0 Å². The summed E-state index contributed by atoms with van der Waals surface area (Å²) in [7, 11) is -1.89. The second-order valence-electron chi connectivity index (χ2n) is 5.39. The topological polar surface area (TPSA) is 81.4 Å². The van der Waals surface area contributed by atoms with E-state index in [1.807, 2.05) is 6.07 Å². The van der Waals surface area contributed by atoms with Gasteiger partial charge in [0.1, 0.15) is 0 Å². The second kappa shape index (κ2) is 6.75. The molecule has 0 aromatic heterocycles. The Bertz CT molecular complexity index is 619. The van der Waals surface area contributed by atoms with Gasteiger partial charge in [-0.1, -0.05) is 15.9 Å². The summed E-state index contributed by atoms with van der Waals surface area (Å²) in [6.07, 6.45) is 2.54. The molecule has 0 aliphatic heterocycles. The fourth-order valence-electron chi connectivity index (χ4n) is 2.65. The third kappa shape index (κ3) is 3.84. The van der Waals surface area contributed by atoms with Gasteiger partial charge in [0.25, 0.3) is 0 Å². The number of sulfonamides is 1. The van der Waals surface area contributed by atoms with Crippen molar-refractivity contribution in [1.29, 1.82) is 0 Å². The molecule has 1 saturated carbocycles. The Morgan fingerprint density at radius 3 is 2.71 bits per heavy atom. The molecule has 7 heteroatoms. The highest BCUT2D eigenvalue weighted by Crippen LogP contribution is 2.28. The number of benzene rings is 1. The van der Waals surface area contributed by atoms with Crippen LogP contribution in [-0.4, -0.2) is 27.7 Å². The Hall–Kier alpha value is -0.470. The number of methoxy groups -OCH3 is 1. The highest BCUT2D eigenvalue weighted by atomic mass is 79.9. The standard InChI is InChI=1S/C14H21BrN2O3S/c1-9-13(15)5-10(8-16)6-14(9)21(18,19)17-11-3-4-12(7-11)20-2/h5-6,11-12,17H,3-4,7-8,16H2,1-2H3. The molecule has 5 nitrogen and oxygen atoms in total. The second-order valence-corrected chi connectivity index (χ2v) is 7.93. The van der Waals surface area contributed by atoms with Crippen LogP contribution in [0.3, 0.4) is 0 Å². The predicted molar refractivity (Wildman–Crippen MR) is 85.5 cm³/mol. The first-order valence-corrected chi connectivity index (χ1v) is 9.19. The van der Waals surface area contributed by atoms with E-state index in [1.165, 1.54) is 0 Å². The lowest BCUT2D eigenvalue weighted by Gasteiger charge is -2.16. The first kappa shape index (κ1) is 16.9. The Kier molecular flexibility index (Phi) is 5.43. The smallest absolute Gasteiger partial charge is 0.241 e. The molecular formula is C14H21BrN2O3S. The van der Waals surface area contributed by atoms with E-state index in [0.29, 0.717) is 18.5 Å². The summed E-state index contributed by atoms with van der Waals surface area (Å²) in [5.74, 6) is 0. The molecule has 0 spiro atoms. The summed E-state index contributed by atoms with van der Waals surface area (Å²) in [6, 6.07) is 3.43. The minimum Gasteiger partial charge on any atom is -0.381 e. The van der Waals surface area contributed by atoms with Gasteiger partial charge in [0, 0.05) is 24.2 Å². The number of halogens is 1. The fourth-order valence-corrected chi connectivity index (χ4v) is 4.89. The molecule has 0 bridgehead atoms. The molecule has 0 radical (unpaired) electrons. The molecule has 0 heterocycles. The molecule has 2 rings (SSSR count). The van der Waals surface area contributed by atoms with Gasteiger partial charge in [0.2, 0.25) is 10.0 Å². The maximum atomic E-state index is 12.6. The van der Waals surface area contributed by atoms with Crippen molar-refractivity contribution in [1.82, 2.24) is 4.72 Å². The maximum absolute atomic E-state index is 12.6. The molecule has 1 aliphatic rings. The van der Waals surface area contributed by atoms with E-state index >= 15 is 0 Å². The third-order valence-corrected chi connectivity index (χ3v) is 6.39. The summed E-state index contributed by atoms with van der Waals surface area (Å²) in [4.78, 5) is 0.290. The van der Waals surface area contributed by atoms with Crippen LogP contribution < -0.4 is 10.5 Å². The van der Waals surface area contributed by atoms with E-state index in [1.54, 1.807) is 20.1 Å². The van der Waals surface area contributed by atoms with Gasteiger partial charge < -0.3 is 10.5 Å². The molecule has 21 heavy (non-hydrogen) atoms. The summed E-state index contributed by atoms with van der Waals surface area (Å²) >= 11 is 3.40. The van der Waals surface area contributed by atoms with E-state index in [4.69, 9.17) is 10.5 Å². The van der Waals surface area contributed by atoms with Crippen LogP contribution in [0.15, 0.2) is 21.5 Å². The SMILES string of the molecule is COC1CCC(NS(=O)(=O)c2cc(CN)cc(Br)c2C)C1. The quantitative estimate of drug-likeness (QED) is 0.823. The number of nitrogens with two attached hydrogens (primary N) is 1. The molecule has 1 aromatic rings. The van der Waals surface area contributed by atoms with Crippen LogP contribution in [0.4, 0.5) is 0 Å². The Morgan fingerprint density at radius 2 is 2.14 bits per heavy atom. The molecule has 1 aromatic carbocycles. The molecule has 0 saturated heterocycles. The van der Waals surface area contributed by atoms with Crippen molar-refractivity contribution < 1.29 is 13.2 Å². The van der Waals surface area contributed by atoms with Gasteiger partial charge in [-0.15, -0.1) is 0 Å². The average Bonchev–Trinajstić information content (AvgIpc) is 2.88. The van der Waals surface area contributed by atoms with Crippen molar-refractivity contribution in [3.8, 4) is 0 Å². The van der Waals surface area contributed by atoms with E-state index in [9.17, 15) is 8.42 Å². The third-order valence-electron chi connectivity index (χ3n) is 3.92. The van der Waals surface area contributed by atoms with Crippen LogP contribution in [0.1, 0.15) is 30.4 Å². The van der Waals surface area contributed by atoms with Crippen LogP contribution in [0.5, 0.6) is 0 Å². The highest BCUT2D eigenvalue weighted by molar-refractivity contribution is 9.10. The maximum Gasteiger partial charge on any atom is 0.241 e. The Labute approximate surface area is 134 Å². The number of hydrogen-bond acceptors (Lipinski definition) is 4. The highest BCUT2D eigenvalue weighted by Gasteiger charge is 2.29. The van der Waals surface area contributed by atoms with Crippen LogP contribution in [-0.2, 0) is 21.3 Å². The van der Waals surface area contributed by atoms with Crippen molar-refractivity contribution in [2.45, 2.75) is 49.8 Å². The van der Waals surface area contributed by atoms with Gasteiger partial charge in [0.05, 0.1) is 11.0 Å². The lowest BCUT2D eigenvalue weighted by molar-refractivity contribution is 0.107. The summed E-state index contributed by atoms with van der Waals surface area (Å²) in [6.45, 7) is 2.09. The van der Waals surface area contributed by atoms with E-state index < -0.39 is 10.0 Å². The first-order chi connectivity index (χ1) is 9.87. The summed E-state index contributed by atoms with van der Waals surface area (Å²) in [5, 5.41) is 0. The molecule has 1 aliphatic carbocycles. The van der Waals surface area contributed by atoms with Gasteiger partial charge >= 0.3 is 0 Å². The molecule has 2 unspecified atom stereocenters. The van der Waals surface area contributed by atoms with Gasteiger partial charge in [-0.05, 0) is 49.4 Å². The zero-order valence-corrected chi connectivity index (χ0v) is 14.6. The lowest BCUT2D eigenvalue weighted by atomic mass is 10.1. The zero-order valence-electron chi connectivity index (χ0n) is 12.2. The normalized spacial score (nSPS) is 22.7. The predicted octanol–water partition coefficient (Wildman–Crippen LogP) is 2.06. The summed E-state index contributed by atoms with van der Waals surface area (Å²) in [5.41, 5.74) is 7.11. The average molecular weight is 377 g/mol. The minimum absolute atomic E-state index is 0.0698. The van der Waals surface area contributed by atoms with E-state index in [0.717, 1.165) is 22.9 Å². The Morgan fingerprint density at radius 1 is 1.43 bits per heavy atom. The van der Waals surface area contributed by atoms with Gasteiger partial charge in [0.15, 0.2) is 0 Å². The van der Waals surface area contributed by atoms with Crippen LogP contribution in [0, 0.1) is 6.92 Å². The number of rotatable bonds is 5. The van der Waals surface area contributed by atoms with Gasteiger partial charge in [-0.3, -0.25) is 0 Å². The fraction of sp³-hybridized carbons (Fsp3) is 0.571. The van der Waals surface area contributed by atoms with Crippen molar-refractivity contribution in [2.24, 2.45) is 5.73 Å². The Balaban J connectivity index is 2.26. The molecule has 118 valence electrons. The van der Waals surface area contributed by atoms with E-state index in [-0.39, 0.29) is 17.0 Å². The van der Waals surface area contributed by atoms with Crippen LogP contribution in [0.2, 0.25) is 0 Å². The number of nitrogens with one attached hydrogen (secondary N) is 1. The molecular weight excluding hydrogens is 356 g/mol. The molecule has 2 atom stereocenters. The summed E-state index contributed by atoms with van der Waals surface area (Å²) < 4.78 is 34.0. The monoisotopic (exact) mass is 376 g/mol. The zero-order chi connectivity index (χ0) is 15.6. The van der Waals surface area contributed by atoms with E-state index in [2.05, 4.69) is 20.7 Å². The van der Waals surface area contributed by atoms with Gasteiger partial charge in [-0.2, -0.15) is 0 Å². The van der Waals surface area contributed by atoms with Crippen molar-refractivity contribution in [2.75, 3.05) is 7.11 Å².